The third-order valence-electron chi connectivity index (χ3n) is 3.84. The average molecular weight is 440 g/mol. The molecule has 2 N–H and O–H groups in total. The first kappa shape index (κ1) is 18.8. The number of imidazole rings is 1. The lowest BCUT2D eigenvalue weighted by Crippen LogP contribution is -2.30. The van der Waals surface area contributed by atoms with Crippen LogP contribution in [0.25, 0.3) is 11.2 Å². The molecule has 0 radical (unpaired) electrons. The molecule has 1 atom stereocenters. The van der Waals surface area contributed by atoms with Crippen molar-refractivity contribution in [1.29, 1.82) is 0 Å². The largest absolute Gasteiger partial charge is 0.491 e. The van der Waals surface area contributed by atoms with E-state index in [4.69, 9.17) is 4.74 Å². The van der Waals surface area contributed by atoms with Gasteiger partial charge in [-0.05, 0) is 28.1 Å². The zero-order valence-electron chi connectivity index (χ0n) is 14.0. The number of aromatic nitrogens is 4. The summed E-state index contributed by atoms with van der Waals surface area (Å²) in [6.07, 6.45) is -1.01. The summed E-state index contributed by atoms with van der Waals surface area (Å²) < 4.78 is 8.31. The fourth-order valence-corrected chi connectivity index (χ4v) is 2.98. The highest BCUT2D eigenvalue weighted by Crippen LogP contribution is 2.19. The minimum atomic E-state index is -1.01. The predicted molar refractivity (Wildman–Crippen MR) is 97.9 cm³/mol. The van der Waals surface area contributed by atoms with E-state index < -0.39 is 22.3 Å². The van der Waals surface area contributed by atoms with Crippen LogP contribution < -0.4 is 16.0 Å². The first-order valence-corrected chi connectivity index (χ1v) is 8.47. The Labute approximate surface area is 159 Å². The van der Waals surface area contributed by atoms with E-state index in [1.807, 2.05) is 0 Å². The number of hydrogen-bond acceptors (Lipinski definition) is 7. The molecule has 1 aromatic carbocycles. The lowest BCUT2D eigenvalue weighted by atomic mass is 10.3. The molecule has 142 valence electrons. The molecule has 0 saturated carbocycles. The monoisotopic (exact) mass is 439 g/mol. The third-order valence-corrected chi connectivity index (χ3v) is 4.45. The Morgan fingerprint density at radius 1 is 1.37 bits per heavy atom. The standard InChI is InChI=1S/C15H14BrN5O6/c1-19-12-11(13(23)18-15(19)24)20(14(16)17-12)6-9(22)7-27-10-4-2-8(3-5-10)21(25)26/h2-5,9,22H,6-7H2,1H3,(H,18,23,24). The van der Waals surface area contributed by atoms with E-state index in [1.54, 1.807) is 0 Å². The van der Waals surface area contributed by atoms with Gasteiger partial charge in [-0.25, -0.2) is 9.78 Å². The third kappa shape index (κ3) is 3.75. The summed E-state index contributed by atoms with van der Waals surface area (Å²) in [5, 5.41) is 20.9. The Kier molecular flexibility index (Phi) is 5.10. The van der Waals surface area contributed by atoms with Gasteiger partial charge in [-0.1, -0.05) is 0 Å². The number of nitrogens with zero attached hydrogens (tertiary/aromatic N) is 4. The Bertz CT molecular complexity index is 1120. The highest BCUT2D eigenvalue weighted by molar-refractivity contribution is 9.10. The van der Waals surface area contributed by atoms with Gasteiger partial charge in [0.25, 0.3) is 11.2 Å². The first-order valence-electron chi connectivity index (χ1n) is 7.68. The number of nitro groups is 1. The molecule has 0 fully saturated rings. The predicted octanol–water partition coefficient (Wildman–Crippen LogP) is 0.534. The molecule has 0 amide bonds. The first-order chi connectivity index (χ1) is 12.8. The Morgan fingerprint density at radius 3 is 2.67 bits per heavy atom. The number of nitrogens with one attached hydrogen (secondary N) is 1. The summed E-state index contributed by atoms with van der Waals surface area (Å²) in [7, 11) is 1.47. The van der Waals surface area contributed by atoms with E-state index in [1.165, 1.54) is 40.4 Å². The quantitative estimate of drug-likeness (QED) is 0.323. The summed E-state index contributed by atoms with van der Waals surface area (Å²) in [5.74, 6) is 0.356. The van der Waals surface area contributed by atoms with Crippen molar-refractivity contribution in [3.05, 3.63) is 60.0 Å². The Hall–Kier alpha value is -2.99. The van der Waals surface area contributed by atoms with E-state index >= 15 is 0 Å². The van der Waals surface area contributed by atoms with Gasteiger partial charge in [-0.2, -0.15) is 0 Å². The molecule has 0 aliphatic rings. The van der Waals surface area contributed by atoms with Crippen molar-refractivity contribution in [2.24, 2.45) is 7.05 Å². The molecule has 0 saturated heterocycles. The smallest absolute Gasteiger partial charge is 0.329 e. The Morgan fingerprint density at radius 2 is 2.04 bits per heavy atom. The molecule has 12 heteroatoms. The maximum absolute atomic E-state index is 12.1. The van der Waals surface area contributed by atoms with Gasteiger partial charge in [-0.15, -0.1) is 0 Å². The number of nitro benzene ring substituents is 1. The van der Waals surface area contributed by atoms with Crippen molar-refractivity contribution in [2.75, 3.05) is 6.61 Å². The second kappa shape index (κ2) is 7.32. The summed E-state index contributed by atoms with van der Waals surface area (Å²) in [6, 6.07) is 5.44. The molecule has 0 aliphatic heterocycles. The molecular formula is C15H14BrN5O6. The van der Waals surface area contributed by atoms with Gasteiger partial charge in [0.2, 0.25) is 0 Å². The summed E-state index contributed by atoms with van der Waals surface area (Å²) in [5.41, 5.74) is -0.958. The number of aliphatic hydroxyl groups is 1. The van der Waals surface area contributed by atoms with Crippen LogP contribution in [0.3, 0.4) is 0 Å². The van der Waals surface area contributed by atoms with Crippen molar-refractivity contribution in [3.8, 4) is 5.75 Å². The summed E-state index contributed by atoms with van der Waals surface area (Å²) >= 11 is 3.22. The molecule has 0 spiro atoms. The van der Waals surface area contributed by atoms with E-state index in [0.29, 0.717) is 5.75 Å². The number of aromatic amines is 1. The second-order valence-corrected chi connectivity index (χ2v) is 6.41. The molecule has 2 heterocycles. The number of fused-ring (bicyclic) bond motifs is 1. The molecule has 1 unspecified atom stereocenters. The number of hydrogen-bond donors (Lipinski definition) is 2. The van der Waals surface area contributed by atoms with Gasteiger partial charge in [0.05, 0.1) is 11.5 Å². The zero-order valence-corrected chi connectivity index (χ0v) is 15.5. The van der Waals surface area contributed by atoms with Gasteiger partial charge in [0.1, 0.15) is 18.5 Å². The fraction of sp³-hybridized carbons (Fsp3) is 0.267. The Balaban J connectivity index is 1.76. The van der Waals surface area contributed by atoms with Crippen LogP contribution in [0.2, 0.25) is 0 Å². The minimum absolute atomic E-state index is 0.0225. The zero-order chi connectivity index (χ0) is 19.7. The number of H-pyrrole nitrogens is 1. The number of rotatable bonds is 6. The molecule has 3 aromatic rings. The van der Waals surface area contributed by atoms with Gasteiger partial charge >= 0.3 is 5.69 Å². The van der Waals surface area contributed by atoms with Crippen molar-refractivity contribution < 1.29 is 14.8 Å². The maximum Gasteiger partial charge on any atom is 0.329 e. The molecule has 11 nitrogen and oxygen atoms in total. The van der Waals surface area contributed by atoms with Crippen LogP contribution in [-0.4, -0.2) is 41.8 Å². The normalized spacial score (nSPS) is 12.3. The van der Waals surface area contributed by atoms with Crippen molar-refractivity contribution >= 4 is 32.8 Å². The summed E-state index contributed by atoms with van der Waals surface area (Å²) in [4.78, 5) is 40.2. The van der Waals surface area contributed by atoms with Crippen LogP contribution in [0.1, 0.15) is 0 Å². The molecule has 0 bridgehead atoms. The second-order valence-electron chi connectivity index (χ2n) is 5.70. The van der Waals surface area contributed by atoms with Crippen molar-refractivity contribution in [3.63, 3.8) is 0 Å². The van der Waals surface area contributed by atoms with E-state index in [2.05, 4.69) is 25.9 Å². The van der Waals surface area contributed by atoms with Crippen molar-refractivity contribution in [1.82, 2.24) is 19.1 Å². The average Bonchev–Trinajstić information content (AvgIpc) is 2.95. The lowest BCUT2D eigenvalue weighted by molar-refractivity contribution is -0.384. The topological polar surface area (TPSA) is 145 Å². The number of non-ortho nitro benzene ring substituents is 1. The minimum Gasteiger partial charge on any atom is -0.491 e. The highest BCUT2D eigenvalue weighted by atomic mass is 79.9. The molecule has 27 heavy (non-hydrogen) atoms. The van der Waals surface area contributed by atoms with Crippen LogP contribution in [-0.2, 0) is 13.6 Å². The van der Waals surface area contributed by atoms with Crippen LogP contribution in [0.4, 0.5) is 5.69 Å². The number of benzene rings is 1. The van der Waals surface area contributed by atoms with Crippen LogP contribution in [0.5, 0.6) is 5.75 Å². The lowest BCUT2D eigenvalue weighted by Gasteiger charge is -2.14. The maximum atomic E-state index is 12.1. The van der Waals surface area contributed by atoms with E-state index in [-0.39, 0.29) is 34.7 Å². The number of ether oxygens (including phenoxy) is 1. The van der Waals surface area contributed by atoms with Gasteiger partial charge in [0.15, 0.2) is 15.9 Å². The molecule has 0 aliphatic carbocycles. The highest BCUT2D eigenvalue weighted by Gasteiger charge is 2.18. The number of aliphatic hydroxyl groups excluding tert-OH is 1. The number of aryl methyl sites for hydroxylation is 1. The molecule has 2 aromatic heterocycles. The van der Waals surface area contributed by atoms with E-state index in [9.17, 15) is 24.8 Å². The van der Waals surface area contributed by atoms with E-state index in [0.717, 1.165) is 0 Å². The fourth-order valence-electron chi connectivity index (χ4n) is 2.49. The molecule has 3 rings (SSSR count). The molecular weight excluding hydrogens is 426 g/mol. The van der Waals surface area contributed by atoms with Crippen molar-refractivity contribution in [2.45, 2.75) is 12.6 Å². The number of halogens is 1. The van der Waals surface area contributed by atoms with Crippen LogP contribution in [0, 0.1) is 10.1 Å². The van der Waals surface area contributed by atoms with Crippen LogP contribution in [0.15, 0.2) is 38.6 Å². The SMILES string of the molecule is Cn1c(=O)[nH]c(=O)c2c1nc(Br)n2CC(O)COc1ccc([N+](=O)[O-])cc1. The van der Waals surface area contributed by atoms with Gasteiger partial charge in [-0.3, -0.25) is 24.5 Å². The van der Waals surface area contributed by atoms with Crippen LogP contribution >= 0.6 is 15.9 Å². The van der Waals surface area contributed by atoms with Gasteiger partial charge in [0, 0.05) is 19.2 Å². The summed E-state index contributed by atoms with van der Waals surface area (Å²) in [6.45, 7) is -0.140. The van der Waals surface area contributed by atoms with Gasteiger partial charge < -0.3 is 14.4 Å².